The minimum absolute atomic E-state index is 0.171. The SMILES string of the molecule is CC(C)(C)OCCC(N)=O.CC(C)C. The van der Waals surface area contributed by atoms with Gasteiger partial charge in [0, 0.05) is 6.42 Å². The first-order chi connectivity index (χ1) is 6.15. The molecule has 86 valence electrons. The molecule has 0 aliphatic carbocycles. The maximum atomic E-state index is 10.2. The topological polar surface area (TPSA) is 52.3 Å². The largest absolute Gasteiger partial charge is 0.375 e. The second-order valence-electron chi connectivity index (χ2n) is 4.91. The lowest BCUT2D eigenvalue weighted by Gasteiger charge is -2.18. The molecule has 0 aromatic carbocycles. The van der Waals surface area contributed by atoms with Crippen molar-refractivity contribution in [1.29, 1.82) is 0 Å². The Bertz CT molecular complexity index is 145. The molecule has 3 heteroatoms. The van der Waals surface area contributed by atoms with Gasteiger partial charge in [-0.1, -0.05) is 20.8 Å². The highest BCUT2D eigenvalue weighted by molar-refractivity contribution is 5.73. The Morgan fingerprint density at radius 2 is 1.64 bits per heavy atom. The van der Waals surface area contributed by atoms with Crippen LogP contribution in [0.5, 0.6) is 0 Å². The van der Waals surface area contributed by atoms with Crippen LogP contribution in [0, 0.1) is 5.92 Å². The highest BCUT2D eigenvalue weighted by atomic mass is 16.5. The fraction of sp³-hybridized carbons (Fsp3) is 0.909. The molecule has 0 saturated carbocycles. The third-order valence-electron chi connectivity index (χ3n) is 0.884. The van der Waals surface area contributed by atoms with E-state index in [2.05, 4.69) is 20.8 Å². The molecule has 14 heavy (non-hydrogen) atoms. The van der Waals surface area contributed by atoms with Crippen molar-refractivity contribution in [2.75, 3.05) is 6.61 Å². The highest BCUT2D eigenvalue weighted by Gasteiger charge is 2.09. The number of rotatable bonds is 3. The average molecular weight is 203 g/mol. The molecule has 0 bridgehead atoms. The Labute approximate surface area is 88.0 Å². The molecule has 0 aliphatic rings. The normalized spacial score (nSPS) is 10.8. The molecule has 0 atom stereocenters. The van der Waals surface area contributed by atoms with Gasteiger partial charge in [0.2, 0.25) is 5.91 Å². The smallest absolute Gasteiger partial charge is 0.219 e. The van der Waals surface area contributed by atoms with E-state index in [9.17, 15) is 4.79 Å². The fourth-order valence-corrected chi connectivity index (χ4v) is 0.458. The predicted molar refractivity (Wildman–Crippen MR) is 60.0 cm³/mol. The summed E-state index contributed by atoms with van der Waals surface area (Å²) in [7, 11) is 0. The molecule has 0 radical (unpaired) electrons. The van der Waals surface area contributed by atoms with Crippen molar-refractivity contribution < 1.29 is 9.53 Å². The zero-order valence-corrected chi connectivity index (χ0v) is 10.4. The molecular formula is C11H25NO2. The summed E-state index contributed by atoms with van der Waals surface area (Å²) < 4.78 is 5.24. The van der Waals surface area contributed by atoms with E-state index in [1.807, 2.05) is 20.8 Å². The van der Waals surface area contributed by atoms with Crippen LogP contribution in [0.4, 0.5) is 0 Å². The van der Waals surface area contributed by atoms with Crippen molar-refractivity contribution >= 4 is 5.91 Å². The Balaban J connectivity index is 0. The zero-order valence-electron chi connectivity index (χ0n) is 10.4. The molecule has 3 nitrogen and oxygen atoms in total. The first kappa shape index (κ1) is 15.9. The van der Waals surface area contributed by atoms with Gasteiger partial charge in [-0.05, 0) is 26.7 Å². The van der Waals surface area contributed by atoms with Crippen molar-refractivity contribution in [3.63, 3.8) is 0 Å². The van der Waals surface area contributed by atoms with Crippen molar-refractivity contribution in [2.24, 2.45) is 11.7 Å². The molecule has 0 unspecified atom stereocenters. The monoisotopic (exact) mass is 203 g/mol. The average Bonchev–Trinajstić information content (AvgIpc) is 1.80. The van der Waals surface area contributed by atoms with Gasteiger partial charge in [-0.25, -0.2) is 0 Å². The molecule has 0 aromatic rings. The second-order valence-corrected chi connectivity index (χ2v) is 4.91. The molecular weight excluding hydrogens is 178 g/mol. The fourth-order valence-electron chi connectivity index (χ4n) is 0.458. The van der Waals surface area contributed by atoms with E-state index < -0.39 is 0 Å². The van der Waals surface area contributed by atoms with Crippen LogP contribution < -0.4 is 5.73 Å². The number of nitrogens with two attached hydrogens (primary N) is 1. The number of primary amides is 1. The van der Waals surface area contributed by atoms with Crippen LogP contribution in [0.15, 0.2) is 0 Å². The molecule has 0 fully saturated rings. The minimum Gasteiger partial charge on any atom is -0.375 e. The number of ether oxygens (including phenoxy) is 1. The summed E-state index contributed by atoms with van der Waals surface area (Å²) in [6.07, 6.45) is 0.303. The quantitative estimate of drug-likeness (QED) is 0.765. The lowest BCUT2D eigenvalue weighted by atomic mass is 10.2. The molecule has 0 spiro atoms. The van der Waals surface area contributed by atoms with E-state index in [-0.39, 0.29) is 11.5 Å². The van der Waals surface area contributed by atoms with Gasteiger partial charge in [-0.3, -0.25) is 4.79 Å². The zero-order chi connectivity index (χ0) is 11.8. The first-order valence-electron chi connectivity index (χ1n) is 5.07. The third kappa shape index (κ3) is 30.1. The van der Waals surface area contributed by atoms with Gasteiger partial charge in [0.1, 0.15) is 0 Å². The summed E-state index contributed by atoms with van der Waals surface area (Å²) in [5.41, 5.74) is 4.73. The van der Waals surface area contributed by atoms with Crippen molar-refractivity contribution in [3.8, 4) is 0 Å². The van der Waals surface area contributed by atoms with Gasteiger partial charge >= 0.3 is 0 Å². The lowest BCUT2D eigenvalue weighted by molar-refractivity contribution is -0.120. The Morgan fingerprint density at radius 3 is 1.86 bits per heavy atom. The second kappa shape index (κ2) is 7.80. The maximum Gasteiger partial charge on any atom is 0.219 e. The third-order valence-corrected chi connectivity index (χ3v) is 0.884. The van der Waals surface area contributed by atoms with Gasteiger partial charge in [-0.2, -0.15) is 0 Å². The standard InChI is InChI=1S/C7H15NO2.C4H10/c1-7(2,3)10-5-4-6(8)9;1-4(2)3/h4-5H2,1-3H3,(H2,8,9);4H,1-3H3. The first-order valence-corrected chi connectivity index (χ1v) is 5.07. The van der Waals surface area contributed by atoms with Crippen molar-refractivity contribution in [1.82, 2.24) is 0 Å². The van der Waals surface area contributed by atoms with Crippen LogP contribution in [-0.2, 0) is 9.53 Å². The molecule has 0 aliphatic heterocycles. The van der Waals surface area contributed by atoms with Gasteiger partial charge in [0.05, 0.1) is 12.2 Å². The molecule has 0 rings (SSSR count). The molecule has 0 aromatic heterocycles. The van der Waals surface area contributed by atoms with Crippen molar-refractivity contribution in [2.45, 2.75) is 53.6 Å². The maximum absolute atomic E-state index is 10.2. The highest BCUT2D eigenvalue weighted by Crippen LogP contribution is 2.06. The molecule has 2 N–H and O–H groups in total. The van der Waals surface area contributed by atoms with Crippen LogP contribution in [0.1, 0.15) is 48.0 Å². The van der Waals surface area contributed by atoms with Crippen molar-refractivity contribution in [3.05, 3.63) is 0 Å². The van der Waals surface area contributed by atoms with Crippen LogP contribution in [0.25, 0.3) is 0 Å². The van der Waals surface area contributed by atoms with E-state index >= 15 is 0 Å². The summed E-state index contributed by atoms with van der Waals surface area (Å²) >= 11 is 0. The number of amides is 1. The lowest BCUT2D eigenvalue weighted by Crippen LogP contribution is -2.22. The van der Waals surface area contributed by atoms with Crippen LogP contribution >= 0.6 is 0 Å². The summed E-state index contributed by atoms with van der Waals surface area (Å²) in [5.74, 6) is 0.518. The number of hydrogen-bond acceptors (Lipinski definition) is 2. The van der Waals surface area contributed by atoms with E-state index in [4.69, 9.17) is 10.5 Å². The van der Waals surface area contributed by atoms with Gasteiger partial charge < -0.3 is 10.5 Å². The summed E-state index contributed by atoms with van der Waals surface area (Å²) in [4.78, 5) is 10.2. The molecule has 0 heterocycles. The van der Waals surface area contributed by atoms with E-state index in [1.165, 1.54) is 0 Å². The van der Waals surface area contributed by atoms with Crippen LogP contribution in [0.2, 0.25) is 0 Å². The van der Waals surface area contributed by atoms with Gasteiger partial charge in [-0.15, -0.1) is 0 Å². The summed E-state index contributed by atoms with van der Waals surface area (Å²) in [6.45, 7) is 12.7. The Morgan fingerprint density at radius 1 is 1.29 bits per heavy atom. The predicted octanol–water partition coefficient (Wildman–Crippen LogP) is 2.34. The molecule has 1 amide bonds. The van der Waals surface area contributed by atoms with E-state index in [1.54, 1.807) is 0 Å². The summed E-state index contributed by atoms with van der Waals surface area (Å²) in [6, 6.07) is 0. The van der Waals surface area contributed by atoms with Crippen LogP contribution in [0.3, 0.4) is 0 Å². The van der Waals surface area contributed by atoms with E-state index in [0.29, 0.717) is 13.0 Å². The molecule has 0 saturated heterocycles. The minimum atomic E-state index is -0.316. The number of hydrogen-bond donors (Lipinski definition) is 1. The number of carbonyl (C=O) groups is 1. The number of carbonyl (C=O) groups excluding carboxylic acids is 1. The Hall–Kier alpha value is -0.570. The van der Waals surface area contributed by atoms with Gasteiger partial charge in [0.15, 0.2) is 0 Å². The van der Waals surface area contributed by atoms with E-state index in [0.717, 1.165) is 5.92 Å². The Kier molecular flexibility index (Phi) is 8.85. The van der Waals surface area contributed by atoms with Gasteiger partial charge in [0.25, 0.3) is 0 Å². The summed E-state index contributed by atoms with van der Waals surface area (Å²) in [5, 5.41) is 0. The van der Waals surface area contributed by atoms with Crippen LogP contribution in [-0.4, -0.2) is 18.1 Å².